The minimum atomic E-state index is -0.227. The zero-order chi connectivity index (χ0) is 11.7. The third-order valence-corrected chi connectivity index (χ3v) is 4.00. The van der Waals surface area contributed by atoms with Crippen LogP contribution in [0.3, 0.4) is 0 Å². The quantitative estimate of drug-likeness (QED) is 0.653. The highest BCUT2D eigenvalue weighted by Crippen LogP contribution is 2.30. The molecule has 4 heteroatoms. The molecule has 0 aliphatic heterocycles. The Balaban J connectivity index is 2.04. The van der Waals surface area contributed by atoms with E-state index in [0.29, 0.717) is 11.3 Å². The molecule has 0 N–H and O–H groups in total. The highest BCUT2D eigenvalue weighted by molar-refractivity contribution is 7.14. The van der Waals surface area contributed by atoms with E-state index in [2.05, 4.69) is 4.98 Å². The summed E-state index contributed by atoms with van der Waals surface area (Å²) in [5.41, 5.74) is 2.36. The summed E-state index contributed by atoms with van der Waals surface area (Å²) < 4.78 is 13.6. The molecule has 0 aliphatic rings. The fraction of sp³-hybridized carbons (Fsp3) is 0. The summed E-state index contributed by atoms with van der Waals surface area (Å²) in [4.78, 5) is 4.47. The van der Waals surface area contributed by atoms with Crippen LogP contribution in [0.2, 0.25) is 0 Å². The Morgan fingerprint density at radius 1 is 1.06 bits per heavy atom. The van der Waals surface area contributed by atoms with Gasteiger partial charge in [-0.05, 0) is 23.6 Å². The van der Waals surface area contributed by atoms with E-state index in [0.717, 1.165) is 10.6 Å². The van der Waals surface area contributed by atoms with Crippen LogP contribution in [0.15, 0.2) is 46.5 Å². The van der Waals surface area contributed by atoms with Gasteiger partial charge < -0.3 is 0 Å². The van der Waals surface area contributed by atoms with Gasteiger partial charge in [0.2, 0.25) is 0 Å². The first-order valence-corrected chi connectivity index (χ1v) is 6.90. The first-order valence-electron chi connectivity index (χ1n) is 5.07. The number of hydrogen-bond acceptors (Lipinski definition) is 3. The number of nitrogens with zero attached hydrogens (tertiary/aromatic N) is 1. The second-order valence-corrected chi connectivity index (χ2v) is 5.17. The van der Waals surface area contributed by atoms with Crippen LogP contribution in [0, 0.1) is 5.82 Å². The van der Waals surface area contributed by atoms with Crippen molar-refractivity contribution in [2.45, 2.75) is 0 Å². The Bertz CT molecular complexity index is 628. The van der Waals surface area contributed by atoms with Crippen molar-refractivity contribution < 1.29 is 4.39 Å². The van der Waals surface area contributed by atoms with Gasteiger partial charge in [-0.25, -0.2) is 9.37 Å². The van der Waals surface area contributed by atoms with Gasteiger partial charge in [0.15, 0.2) is 0 Å². The van der Waals surface area contributed by atoms with Crippen LogP contribution in [0.1, 0.15) is 0 Å². The summed E-state index contributed by atoms with van der Waals surface area (Å²) in [7, 11) is 0. The van der Waals surface area contributed by atoms with Crippen LogP contribution in [-0.2, 0) is 0 Å². The normalized spacial score (nSPS) is 10.6. The molecular weight excluding hydrogens is 253 g/mol. The van der Waals surface area contributed by atoms with E-state index >= 15 is 0 Å². The molecule has 17 heavy (non-hydrogen) atoms. The van der Waals surface area contributed by atoms with Gasteiger partial charge >= 0.3 is 0 Å². The van der Waals surface area contributed by atoms with Crippen molar-refractivity contribution in [1.82, 2.24) is 4.98 Å². The number of aromatic nitrogens is 1. The summed E-state index contributed by atoms with van der Waals surface area (Å²) in [5.74, 6) is -0.227. The van der Waals surface area contributed by atoms with Crippen molar-refractivity contribution >= 4 is 22.7 Å². The average Bonchev–Trinajstić information content (AvgIpc) is 3.00. The lowest BCUT2D eigenvalue weighted by atomic mass is 10.1. The Labute approximate surface area is 106 Å². The van der Waals surface area contributed by atoms with Gasteiger partial charge in [0.1, 0.15) is 10.8 Å². The van der Waals surface area contributed by atoms with Crippen LogP contribution in [0.5, 0.6) is 0 Å². The minimum absolute atomic E-state index is 0.227. The molecule has 1 aromatic carbocycles. The molecule has 0 bridgehead atoms. The summed E-state index contributed by atoms with van der Waals surface area (Å²) >= 11 is 3.17. The number of rotatable bonds is 2. The van der Waals surface area contributed by atoms with E-state index < -0.39 is 0 Å². The van der Waals surface area contributed by atoms with Crippen LogP contribution < -0.4 is 0 Å². The summed E-state index contributed by atoms with van der Waals surface area (Å²) in [6, 6.07) is 8.74. The minimum Gasteiger partial charge on any atom is -0.236 e. The van der Waals surface area contributed by atoms with Crippen LogP contribution in [-0.4, -0.2) is 4.98 Å². The lowest BCUT2D eigenvalue weighted by Gasteiger charge is -1.97. The lowest BCUT2D eigenvalue weighted by Crippen LogP contribution is -1.83. The monoisotopic (exact) mass is 261 g/mol. The largest absolute Gasteiger partial charge is 0.236 e. The maximum absolute atomic E-state index is 13.6. The van der Waals surface area contributed by atoms with Crippen molar-refractivity contribution in [3.63, 3.8) is 0 Å². The van der Waals surface area contributed by atoms with Crippen LogP contribution >= 0.6 is 22.7 Å². The number of hydrogen-bond donors (Lipinski definition) is 0. The SMILES string of the molecule is Fc1ccccc1-c1csc(-c2ccsc2)n1. The average molecular weight is 261 g/mol. The van der Waals surface area contributed by atoms with Crippen molar-refractivity contribution in [3.8, 4) is 21.8 Å². The smallest absolute Gasteiger partial charge is 0.132 e. The van der Waals surface area contributed by atoms with Gasteiger partial charge in [-0.15, -0.1) is 11.3 Å². The van der Waals surface area contributed by atoms with E-state index in [9.17, 15) is 4.39 Å². The standard InChI is InChI=1S/C13H8FNS2/c14-11-4-2-1-3-10(11)12-8-17-13(15-12)9-5-6-16-7-9/h1-8H. The zero-order valence-electron chi connectivity index (χ0n) is 8.76. The molecule has 0 fully saturated rings. The highest BCUT2D eigenvalue weighted by atomic mass is 32.1. The first-order chi connectivity index (χ1) is 8.34. The van der Waals surface area contributed by atoms with E-state index in [1.807, 2.05) is 28.3 Å². The maximum Gasteiger partial charge on any atom is 0.132 e. The third-order valence-electron chi connectivity index (χ3n) is 2.42. The second-order valence-electron chi connectivity index (χ2n) is 3.53. The topological polar surface area (TPSA) is 12.9 Å². The third kappa shape index (κ3) is 2.01. The molecule has 2 aromatic heterocycles. The van der Waals surface area contributed by atoms with Crippen molar-refractivity contribution in [2.75, 3.05) is 0 Å². The number of thiophene rings is 1. The molecule has 0 saturated heterocycles. The Hall–Kier alpha value is -1.52. The van der Waals surface area contributed by atoms with E-state index in [4.69, 9.17) is 0 Å². The molecule has 0 spiro atoms. The van der Waals surface area contributed by atoms with E-state index in [1.165, 1.54) is 17.4 Å². The van der Waals surface area contributed by atoms with Gasteiger partial charge in [-0.3, -0.25) is 0 Å². The second kappa shape index (κ2) is 4.39. The lowest BCUT2D eigenvalue weighted by molar-refractivity contribution is 0.631. The molecule has 0 atom stereocenters. The van der Waals surface area contributed by atoms with Gasteiger partial charge in [-0.1, -0.05) is 12.1 Å². The molecule has 1 nitrogen and oxygen atoms in total. The fourth-order valence-electron chi connectivity index (χ4n) is 1.59. The summed E-state index contributed by atoms with van der Waals surface area (Å²) in [6.45, 7) is 0. The highest BCUT2D eigenvalue weighted by Gasteiger charge is 2.09. The fourth-order valence-corrected chi connectivity index (χ4v) is 3.12. The molecule has 3 aromatic rings. The Kier molecular flexibility index (Phi) is 2.74. The van der Waals surface area contributed by atoms with Crippen LogP contribution in [0.4, 0.5) is 4.39 Å². The van der Waals surface area contributed by atoms with Crippen LogP contribution in [0.25, 0.3) is 21.8 Å². The molecular formula is C13H8FNS2. The van der Waals surface area contributed by atoms with Gasteiger partial charge in [0.05, 0.1) is 5.69 Å². The van der Waals surface area contributed by atoms with Crippen molar-refractivity contribution in [1.29, 1.82) is 0 Å². The predicted molar refractivity (Wildman–Crippen MR) is 70.8 cm³/mol. The first kappa shape index (κ1) is 10.6. The molecule has 84 valence electrons. The van der Waals surface area contributed by atoms with Crippen molar-refractivity contribution in [3.05, 3.63) is 52.3 Å². The van der Waals surface area contributed by atoms with Gasteiger partial charge in [0, 0.05) is 21.9 Å². The summed E-state index contributed by atoms with van der Waals surface area (Å²) in [6.07, 6.45) is 0. The molecule has 0 unspecified atom stereocenters. The molecule has 3 rings (SSSR count). The number of benzene rings is 1. The van der Waals surface area contributed by atoms with Gasteiger partial charge in [-0.2, -0.15) is 11.3 Å². The molecule has 2 heterocycles. The summed E-state index contributed by atoms with van der Waals surface area (Å²) in [5, 5.41) is 6.89. The number of halogens is 1. The van der Waals surface area contributed by atoms with Crippen molar-refractivity contribution in [2.24, 2.45) is 0 Å². The van der Waals surface area contributed by atoms with E-state index in [1.54, 1.807) is 23.5 Å². The Morgan fingerprint density at radius 3 is 2.71 bits per heavy atom. The molecule has 0 saturated carbocycles. The molecule has 0 radical (unpaired) electrons. The predicted octanol–water partition coefficient (Wildman–Crippen LogP) is 4.68. The number of thiazole rings is 1. The maximum atomic E-state index is 13.6. The van der Waals surface area contributed by atoms with Gasteiger partial charge in [0.25, 0.3) is 0 Å². The van der Waals surface area contributed by atoms with E-state index in [-0.39, 0.29) is 5.82 Å². The molecule has 0 amide bonds. The zero-order valence-corrected chi connectivity index (χ0v) is 10.4. The Morgan fingerprint density at radius 2 is 1.94 bits per heavy atom. The molecule has 0 aliphatic carbocycles.